The van der Waals surface area contributed by atoms with Gasteiger partial charge in [0.25, 0.3) is 11.8 Å². The first-order valence-electron chi connectivity index (χ1n) is 8.15. The van der Waals surface area contributed by atoms with Gasteiger partial charge in [-0.25, -0.2) is 0 Å². The smallest absolute Gasteiger partial charge is 0.468 e. The van der Waals surface area contributed by atoms with Crippen LogP contribution in [0.2, 0.25) is 0 Å². The van der Waals surface area contributed by atoms with E-state index in [-0.39, 0.29) is 18.5 Å². The second-order valence-electron chi connectivity index (χ2n) is 6.32. The third-order valence-electron chi connectivity index (χ3n) is 4.50. The lowest BCUT2D eigenvalue weighted by atomic mass is 10.0. The van der Waals surface area contributed by atoms with E-state index in [1.165, 1.54) is 24.3 Å². The number of hydrogen-bond donors (Lipinski definition) is 0. The highest BCUT2D eigenvalue weighted by Gasteiger charge is 2.40. The van der Waals surface area contributed by atoms with Crippen molar-refractivity contribution in [3.05, 3.63) is 29.8 Å². The normalized spacial score (nSPS) is 24.7. The van der Waals surface area contributed by atoms with Crippen molar-refractivity contribution in [3.8, 4) is 17.5 Å². The van der Waals surface area contributed by atoms with Crippen LogP contribution in [0.15, 0.2) is 24.3 Å². The predicted octanol–water partition coefficient (Wildman–Crippen LogP) is 3.10. The summed E-state index contributed by atoms with van der Waals surface area (Å²) in [5.41, 5.74) is 0.685. The lowest BCUT2D eigenvalue weighted by molar-refractivity contribution is -0.274. The van der Waals surface area contributed by atoms with Crippen LogP contribution in [0.4, 0.5) is 13.2 Å². The highest BCUT2D eigenvalue weighted by molar-refractivity contribution is 6.99. The Morgan fingerprint density at radius 3 is 2.54 bits per heavy atom. The molecule has 6 nitrogen and oxygen atoms in total. The highest BCUT2D eigenvalue weighted by atomic mass is 32.1. The molecule has 2 aliphatic rings. The van der Waals surface area contributed by atoms with E-state index >= 15 is 0 Å². The van der Waals surface area contributed by atoms with Gasteiger partial charge in [0.05, 0.1) is 11.7 Å². The first-order chi connectivity index (χ1) is 12.5. The number of hydrogen-bond acceptors (Lipinski definition) is 7. The van der Waals surface area contributed by atoms with Crippen molar-refractivity contribution in [3.63, 3.8) is 0 Å². The molecule has 0 spiro atoms. The zero-order chi connectivity index (χ0) is 18.1. The van der Waals surface area contributed by atoms with E-state index in [9.17, 15) is 13.2 Å². The van der Waals surface area contributed by atoms with Gasteiger partial charge in [0.2, 0.25) is 0 Å². The van der Waals surface area contributed by atoms with Gasteiger partial charge in [-0.15, -0.1) is 21.9 Å². The minimum Gasteiger partial charge on any atom is -0.468 e. The molecule has 0 saturated carbocycles. The Hall–Kier alpha value is -2.07. The van der Waals surface area contributed by atoms with Gasteiger partial charge in [-0.2, -0.15) is 0 Å². The van der Waals surface area contributed by atoms with E-state index < -0.39 is 6.36 Å². The first-order valence-corrected chi connectivity index (χ1v) is 8.88. The largest absolute Gasteiger partial charge is 0.573 e. The fourth-order valence-corrected chi connectivity index (χ4v) is 3.73. The van der Waals surface area contributed by atoms with Gasteiger partial charge >= 0.3 is 6.36 Å². The lowest BCUT2D eigenvalue weighted by Gasteiger charge is -2.22. The number of fused-ring (bicyclic) bond motifs is 2. The average Bonchev–Trinajstić information content (AvgIpc) is 3.30. The summed E-state index contributed by atoms with van der Waals surface area (Å²) < 4.78 is 60.2. The molecule has 0 N–H and O–H groups in total. The minimum absolute atomic E-state index is 0.105. The molecule has 3 heterocycles. The molecule has 0 radical (unpaired) electrons. The van der Waals surface area contributed by atoms with Crippen molar-refractivity contribution in [1.29, 1.82) is 0 Å². The number of halogens is 3. The van der Waals surface area contributed by atoms with Crippen LogP contribution < -0.4 is 14.2 Å². The molecule has 4 rings (SSSR count). The molecule has 3 unspecified atom stereocenters. The minimum atomic E-state index is -4.70. The van der Waals surface area contributed by atoms with Crippen molar-refractivity contribution < 1.29 is 27.4 Å². The molecule has 2 aliphatic heterocycles. The summed E-state index contributed by atoms with van der Waals surface area (Å²) in [6.45, 7) is 3.22. The third-order valence-corrected chi connectivity index (χ3v) is 4.99. The van der Waals surface area contributed by atoms with Crippen LogP contribution in [0.3, 0.4) is 0 Å². The number of alkyl halides is 3. The summed E-state index contributed by atoms with van der Waals surface area (Å²) >= 11 is 1.00. The number of aromatic nitrogens is 2. The molecule has 2 saturated heterocycles. The van der Waals surface area contributed by atoms with Crippen molar-refractivity contribution in [1.82, 2.24) is 13.6 Å². The Labute approximate surface area is 151 Å². The Morgan fingerprint density at radius 1 is 1.12 bits per heavy atom. The van der Waals surface area contributed by atoms with Crippen molar-refractivity contribution in [2.45, 2.75) is 25.5 Å². The van der Waals surface area contributed by atoms with E-state index in [1.54, 1.807) is 0 Å². The average molecular weight is 387 g/mol. The van der Waals surface area contributed by atoms with Crippen molar-refractivity contribution >= 4 is 11.7 Å². The molecule has 2 bridgehead atoms. The summed E-state index contributed by atoms with van der Waals surface area (Å²) in [5.74, 6) is 0.937. The molecule has 2 aromatic rings. The van der Waals surface area contributed by atoms with E-state index in [2.05, 4.69) is 18.4 Å². The van der Waals surface area contributed by atoms with Crippen LogP contribution >= 0.6 is 11.7 Å². The first kappa shape index (κ1) is 17.3. The SMILES string of the molecule is FC(F)(F)Oc1ccc(COc2nsnc2OC2CN3CCC2C3)cc1. The van der Waals surface area contributed by atoms with Gasteiger partial charge in [-0.1, -0.05) is 12.1 Å². The molecule has 26 heavy (non-hydrogen) atoms. The summed E-state index contributed by atoms with van der Waals surface area (Å²) in [5, 5.41) is 0. The molecule has 0 amide bonds. The summed E-state index contributed by atoms with van der Waals surface area (Å²) in [6.07, 6.45) is -3.47. The molecule has 140 valence electrons. The Morgan fingerprint density at radius 2 is 1.88 bits per heavy atom. The molecule has 3 atom stereocenters. The van der Waals surface area contributed by atoms with Gasteiger partial charge in [0.15, 0.2) is 0 Å². The fraction of sp³-hybridized carbons (Fsp3) is 0.500. The van der Waals surface area contributed by atoms with Gasteiger partial charge in [0.1, 0.15) is 18.5 Å². The maximum atomic E-state index is 12.2. The third kappa shape index (κ3) is 4.01. The number of piperidine rings is 1. The van der Waals surface area contributed by atoms with Gasteiger partial charge in [-0.3, -0.25) is 4.90 Å². The summed E-state index contributed by atoms with van der Waals surface area (Å²) in [6, 6.07) is 5.49. The van der Waals surface area contributed by atoms with Crippen molar-refractivity contribution in [2.24, 2.45) is 5.92 Å². The highest BCUT2D eigenvalue weighted by Crippen LogP contribution is 2.34. The molecular formula is C16H16F3N3O3S. The van der Waals surface area contributed by atoms with Gasteiger partial charge in [-0.05, 0) is 30.7 Å². The van der Waals surface area contributed by atoms with Crippen molar-refractivity contribution in [2.75, 3.05) is 19.6 Å². The van der Waals surface area contributed by atoms with Crippen LogP contribution in [0.5, 0.6) is 17.5 Å². The quantitative estimate of drug-likeness (QED) is 0.759. The number of nitrogens with zero attached hydrogens (tertiary/aromatic N) is 3. The van der Waals surface area contributed by atoms with Crippen LogP contribution in [0, 0.1) is 5.92 Å². The second kappa shape index (κ2) is 6.92. The second-order valence-corrected chi connectivity index (χ2v) is 6.85. The van der Waals surface area contributed by atoms with Crippen LogP contribution in [0.25, 0.3) is 0 Å². The Kier molecular flexibility index (Phi) is 4.62. The zero-order valence-corrected chi connectivity index (χ0v) is 14.4. The number of ether oxygens (including phenoxy) is 3. The zero-order valence-electron chi connectivity index (χ0n) is 13.6. The summed E-state index contributed by atoms with van der Waals surface area (Å²) in [7, 11) is 0. The predicted molar refractivity (Wildman–Crippen MR) is 86.3 cm³/mol. The summed E-state index contributed by atoms with van der Waals surface area (Å²) in [4.78, 5) is 2.36. The number of benzene rings is 1. The molecule has 1 aromatic carbocycles. The molecule has 0 aliphatic carbocycles. The van der Waals surface area contributed by atoms with Gasteiger partial charge < -0.3 is 14.2 Å². The van der Waals surface area contributed by atoms with E-state index in [0.717, 1.165) is 37.8 Å². The molecule has 2 fully saturated rings. The standard InChI is InChI=1S/C16H16F3N3O3S/c17-16(18,19)25-12-3-1-10(2-4-12)9-23-14-15(21-26-20-14)24-13-8-22-6-5-11(13)7-22/h1-4,11,13H,5-9H2. The fourth-order valence-electron chi connectivity index (χ4n) is 3.28. The van der Waals surface area contributed by atoms with Crippen LogP contribution in [-0.2, 0) is 6.61 Å². The topological polar surface area (TPSA) is 56.7 Å². The maximum absolute atomic E-state index is 12.2. The monoisotopic (exact) mass is 387 g/mol. The van der Waals surface area contributed by atoms with Crippen LogP contribution in [-0.4, -0.2) is 45.7 Å². The van der Waals surface area contributed by atoms with Gasteiger partial charge in [0, 0.05) is 19.0 Å². The van der Waals surface area contributed by atoms with E-state index in [0.29, 0.717) is 23.2 Å². The maximum Gasteiger partial charge on any atom is 0.573 e. The molecule has 10 heteroatoms. The van der Waals surface area contributed by atoms with E-state index in [1.807, 2.05) is 0 Å². The lowest BCUT2D eigenvalue weighted by Crippen LogP contribution is -2.32. The van der Waals surface area contributed by atoms with E-state index in [4.69, 9.17) is 9.47 Å². The molecular weight excluding hydrogens is 371 g/mol. The Balaban J connectivity index is 1.33. The van der Waals surface area contributed by atoms with Crippen LogP contribution in [0.1, 0.15) is 12.0 Å². The Bertz CT molecular complexity index is 753. The molecule has 1 aromatic heterocycles. The number of rotatable bonds is 6.